The number of hydrogen-bond donors (Lipinski definition) is 17. The average molecular weight is 1710 g/mol. The maximum absolute atomic E-state index is 14.6. The molecular weight excluding hydrogens is 1580 g/mol. The van der Waals surface area contributed by atoms with Crippen molar-refractivity contribution in [2.45, 2.75) is 241 Å². The van der Waals surface area contributed by atoms with Gasteiger partial charge in [0, 0.05) is 98.9 Å². The second-order valence-electron chi connectivity index (χ2n) is 29.0. The predicted octanol–water partition coefficient (Wildman–Crippen LogP) is -10.7. The normalized spacial score (nSPS) is 27.8. The minimum absolute atomic E-state index is 0.0284. The van der Waals surface area contributed by atoms with Gasteiger partial charge in [0.25, 0.3) is 0 Å². The van der Waals surface area contributed by atoms with Gasteiger partial charge in [-0.3, -0.25) is 33.8 Å². The molecule has 4 aromatic rings. The van der Waals surface area contributed by atoms with Gasteiger partial charge >= 0.3 is 0 Å². The van der Waals surface area contributed by atoms with E-state index < -0.39 is 178 Å². The van der Waals surface area contributed by atoms with Gasteiger partial charge in [-0.05, 0) is 26.3 Å². The SMILES string of the molecule is COC1C(O)C(NC(C)=O)C(OCCOCCn2cc(CN(Cc3cn(CCOCCOC4OC(CO)C(O)C(O)C4NC(C)=O)nn3)[C@@H](CCCCN(Cc3cn(CCOCCOC4OC(CO)C(O)C(O)C4NC(C)=O)nn3)Cc3cn(CCOCCOC4OC(CO)C(O)C(O)C4NC(C)=O)nn3)C(=O)NCCN)nn2)OC1C(C)O. The molecule has 0 saturated carbocycles. The Kier molecular flexibility index (Phi) is 41.2. The van der Waals surface area contributed by atoms with Crippen LogP contribution in [0.5, 0.6) is 0 Å². The quantitative estimate of drug-likeness (QED) is 0.0183. The molecule has 21 unspecified atom stereocenters. The van der Waals surface area contributed by atoms with Crippen LogP contribution in [0.15, 0.2) is 24.8 Å². The summed E-state index contributed by atoms with van der Waals surface area (Å²) in [7, 11) is 1.36. The van der Waals surface area contributed by atoms with E-state index in [9.17, 15) is 80.1 Å². The number of carbonyl (C=O) groups excluding carboxylic acids is 5. The van der Waals surface area contributed by atoms with Gasteiger partial charge in [0.1, 0.15) is 97.4 Å². The van der Waals surface area contributed by atoms with Crippen molar-refractivity contribution in [3.8, 4) is 0 Å². The lowest BCUT2D eigenvalue weighted by molar-refractivity contribution is -0.285. The van der Waals surface area contributed by atoms with Crippen molar-refractivity contribution in [2.24, 2.45) is 5.73 Å². The molecule has 18 N–H and O–H groups in total. The fourth-order valence-corrected chi connectivity index (χ4v) is 13.8. The van der Waals surface area contributed by atoms with E-state index in [1.807, 2.05) is 4.90 Å². The minimum Gasteiger partial charge on any atom is -0.394 e. The van der Waals surface area contributed by atoms with Gasteiger partial charge in [0.05, 0.1) is 160 Å². The topological polar surface area (TPSA) is 643 Å². The van der Waals surface area contributed by atoms with E-state index in [2.05, 4.69) is 72.7 Å². The van der Waals surface area contributed by atoms with Crippen LogP contribution >= 0.6 is 0 Å². The van der Waals surface area contributed by atoms with Crippen LogP contribution in [-0.4, -0.2) is 416 Å². The van der Waals surface area contributed by atoms with E-state index in [-0.39, 0.29) is 151 Å². The van der Waals surface area contributed by atoms with Crippen molar-refractivity contribution < 1.29 is 142 Å². The van der Waals surface area contributed by atoms with Crippen LogP contribution in [-0.2, 0) is 138 Å². The highest BCUT2D eigenvalue weighted by atomic mass is 16.7. The molecule has 119 heavy (non-hydrogen) atoms. The van der Waals surface area contributed by atoms with Crippen LogP contribution in [0, 0.1) is 0 Å². The molecule has 4 fully saturated rings. The first-order valence-corrected chi connectivity index (χ1v) is 39.5. The Morgan fingerprint density at radius 2 is 0.798 bits per heavy atom. The largest absolute Gasteiger partial charge is 0.394 e. The summed E-state index contributed by atoms with van der Waals surface area (Å²) in [6.45, 7) is 7.69. The number of aliphatic hydroxyl groups is 11. The summed E-state index contributed by atoms with van der Waals surface area (Å²) in [5.74, 6) is -2.27. The molecule has 8 heterocycles. The fourth-order valence-electron chi connectivity index (χ4n) is 13.8. The van der Waals surface area contributed by atoms with Gasteiger partial charge in [-0.25, -0.2) is 18.7 Å². The Hall–Kier alpha value is -7.17. The highest BCUT2D eigenvalue weighted by molar-refractivity contribution is 5.81. The maximum atomic E-state index is 14.6. The first-order chi connectivity index (χ1) is 57.2. The number of unbranched alkanes of at least 4 members (excludes halogenated alkanes) is 1. The van der Waals surface area contributed by atoms with Gasteiger partial charge in [0.2, 0.25) is 29.5 Å². The first kappa shape index (κ1) is 97.3. The molecule has 4 saturated heterocycles. The van der Waals surface area contributed by atoms with Crippen molar-refractivity contribution in [3.63, 3.8) is 0 Å². The van der Waals surface area contributed by atoms with Gasteiger partial charge in [-0.15, -0.1) is 20.4 Å². The molecule has 22 atom stereocenters. The third kappa shape index (κ3) is 30.4. The number of ether oxygens (including phenoxy) is 13. The van der Waals surface area contributed by atoms with E-state index >= 15 is 0 Å². The minimum atomic E-state index is -1.49. The zero-order valence-corrected chi connectivity index (χ0v) is 67.6. The molecule has 0 aromatic carbocycles. The molecule has 49 nitrogen and oxygen atoms in total. The third-order valence-electron chi connectivity index (χ3n) is 19.6. The monoisotopic (exact) mass is 1700 g/mol. The molecule has 4 aliphatic heterocycles. The summed E-state index contributed by atoms with van der Waals surface area (Å²) in [5.41, 5.74) is 8.09. The molecular formula is C70H120N20O29. The van der Waals surface area contributed by atoms with Gasteiger partial charge in [-0.1, -0.05) is 27.3 Å². The van der Waals surface area contributed by atoms with Gasteiger partial charge < -0.3 is 150 Å². The Balaban J connectivity index is 0.927. The number of aliphatic hydroxyl groups excluding tert-OH is 11. The Morgan fingerprint density at radius 1 is 0.471 bits per heavy atom. The average Bonchev–Trinajstić information content (AvgIpc) is 1.44. The number of amides is 5. The van der Waals surface area contributed by atoms with Crippen LogP contribution in [0.2, 0.25) is 0 Å². The lowest BCUT2D eigenvalue weighted by Gasteiger charge is -2.44. The van der Waals surface area contributed by atoms with E-state index in [0.717, 1.165) is 0 Å². The van der Waals surface area contributed by atoms with Crippen molar-refractivity contribution in [1.29, 1.82) is 0 Å². The first-order valence-electron chi connectivity index (χ1n) is 39.5. The second-order valence-corrected chi connectivity index (χ2v) is 29.0. The maximum Gasteiger partial charge on any atom is 0.237 e. The smallest absolute Gasteiger partial charge is 0.237 e. The van der Waals surface area contributed by atoms with Crippen molar-refractivity contribution in [2.75, 3.05) is 126 Å². The lowest BCUT2D eigenvalue weighted by atomic mass is 9.94. The molecule has 674 valence electrons. The molecule has 49 heteroatoms. The molecule has 0 aliphatic carbocycles. The number of aromatic nitrogens is 12. The van der Waals surface area contributed by atoms with E-state index in [1.165, 1.54) is 41.7 Å². The van der Waals surface area contributed by atoms with E-state index in [0.29, 0.717) is 48.6 Å². The number of nitrogens with zero attached hydrogens (tertiary/aromatic N) is 14. The van der Waals surface area contributed by atoms with Crippen LogP contribution in [0.25, 0.3) is 0 Å². The highest BCUT2D eigenvalue weighted by Crippen LogP contribution is 2.29. The van der Waals surface area contributed by atoms with Crippen molar-refractivity contribution >= 4 is 29.5 Å². The molecule has 0 spiro atoms. The van der Waals surface area contributed by atoms with Crippen molar-refractivity contribution in [3.05, 3.63) is 47.6 Å². The molecule has 5 amide bonds. The molecule has 8 rings (SSSR count). The van der Waals surface area contributed by atoms with Gasteiger partial charge in [0.15, 0.2) is 25.2 Å². The predicted molar refractivity (Wildman–Crippen MR) is 401 cm³/mol. The fraction of sp³-hybridized carbons (Fsp3) is 0.814. The summed E-state index contributed by atoms with van der Waals surface area (Å²) in [5, 5.41) is 162. The Morgan fingerprint density at radius 3 is 1.11 bits per heavy atom. The molecule has 0 radical (unpaired) electrons. The number of rotatable bonds is 54. The Labute approximate surface area is 685 Å². The van der Waals surface area contributed by atoms with Crippen LogP contribution in [0.1, 0.15) is 76.7 Å². The molecule has 4 aromatic heterocycles. The zero-order chi connectivity index (χ0) is 86.1. The lowest BCUT2D eigenvalue weighted by Crippen LogP contribution is -2.66. The van der Waals surface area contributed by atoms with E-state index in [1.54, 1.807) is 43.5 Å². The third-order valence-corrected chi connectivity index (χ3v) is 19.6. The summed E-state index contributed by atoms with van der Waals surface area (Å²) in [6.07, 6.45) is -13.1. The summed E-state index contributed by atoms with van der Waals surface area (Å²) in [6, 6.07) is -5.23. The standard InChI is InChI=1S/C70H120N20O29/c1-40(94)64-65(107-6)63(105)56(76-44(5)98)70(119-64)115-28-24-111-20-16-90-36-48(80-84-90)32-86(31-47-35-89(83-79-47)15-19-110-23-27-114-69-55(75-43(4)97)62(104)59(101)52(39-93)118-69)49(66(106)72-11-10-71)9-7-8-12-85(29-45-33-87(81-77-45)13-17-108-21-25-112-67-53(73-41(2)95)60(102)57(99)50(37-91)116-67)30-46-34-88(82-78-46)14-18-109-22-26-113-68-54(74-42(3)96)61(103)58(100)51(38-92)117-68/h33-36,40,49-65,67-70,91-94,99-105H,7-32,37-39,71H2,1-6H3,(H,72,106)(H,73,95)(H,74,96)(H,75,97)(H,76,98)/t40?,49-,50?,51?,52?,53?,54?,55?,56?,57?,58?,59?,60?,61?,62?,63?,64?,65?,67?,68?,69?,70?/m0/s1. The Bertz CT molecular complexity index is 3510. The molecule has 4 aliphatic rings. The second kappa shape index (κ2) is 50.4. The highest BCUT2D eigenvalue weighted by Gasteiger charge is 2.50. The number of nitrogens with two attached hydrogens (primary N) is 1. The molecule has 0 bridgehead atoms. The zero-order valence-electron chi connectivity index (χ0n) is 67.6. The van der Waals surface area contributed by atoms with E-state index in [4.69, 9.17) is 67.3 Å². The van der Waals surface area contributed by atoms with Crippen LogP contribution < -0.4 is 32.3 Å². The summed E-state index contributed by atoms with van der Waals surface area (Å²) < 4.78 is 81.3. The number of methoxy groups -OCH3 is 1. The summed E-state index contributed by atoms with van der Waals surface area (Å²) >= 11 is 0. The number of nitrogens with one attached hydrogen (secondary N) is 5. The summed E-state index contributed by atoms with van der Waals surface area (Å²) in [4.78, 5) is 66.6. The number of hydrogen-bond acceptors (Lipinski definition) is 40. The van der Waals surface area contributed by atoms with Gasteiger partial charge in [-0.2, -0.15) is 0 Å². The number of carbonyl (C=O) groups is 5. The van der Waals surface area contributed by atoms with Crippen LogP contribution in [0.4, 0.5) is 0 Å². The van der Waals surface area contributed by atoms with Crippen molar-refractivity contribution in [1.82, 2.24) is 96.4 Å². The van der Waals surface area contributed by atoms with Crippen LogP contribution in [0.3, 0.4) is 0 Å².